The van der Waals surface area contributed by atoms with E-state index in [4.69, 9.17) is 0 Å². The van der Waals surface area contributed by atoms with Gasteiger partial charge >= 0.3 is 6.36 Å². The van der Waals surface area contributed by atoms with E-state index >= 15 is 0 Å². The lowest BCUT2D eigenvalue weighted by Gasteiger charge is -2.18. The summed E-state index contributed by atoms with van der Waals surface area (Å²) >= 11 is 0. The Bertz CT molecular complexity index is 638. The fourth-order valence-corrected chi connectivity index (χ4v) is 1.95. The third-order valence-corrected chi connectivity index (χ3v) is 2.89. The van der Waals surface area contributed by atoms with E-state index in [0.717, 1.165) is 6.07 Å². The predicted octanol–water partition coefficient (Wildman–Crippen LogP) is 4.11. The van der Waals surface area contributed by atoms with Crippen LogP contribution in [0.4, 0.5) is 17.6 Å². The molecule has 1 unspecified atom stereocenters. The Balaban J connectivity index is 2.41. The zero-order valence-corrected chi connectivity index (χ0v) is 11.0. The second-order valence-electron chi connectivity index (χ2n) is 4.51. The van der Waals surface area contributed by atoms with Crippen molar-refractivity contribution in [3.63, 3.8) is 0 Å². The van der Waals surface area contributed by atoms with Crippen LogP contribution in [-0.4, -0.2) is 11.5 Å². The number of benzene rings is 2. The Hall–Kier alpha value is -2.08. The number of alkyl halides is 3. The van der Waals surface area contributed by atoms with Gasteiger partial charge in [0, 0.05) is 11.1 Å². The van der Waals surface area contributed by atoms with Gasteiger partial charge in [0.25, 0.3) is 0 Å². The molecular weight excluding hydrogens is 288 g/mol. The van der Waals surface area contributed by atoms with E-state index in [2.05, 4.69) is 4.74 Å². The molecule has 0 aromatic heterocycles. The summed E-state index contributed by atoms with van der Waals surface area (Å²) in [4.78, 5) is 0. The van der Waals surface area contributed by atoms with Crippen LogP contribution in [0.5, 0.6) is 5.75 Å². The molecule has 2 aromatic rings. The van der Waals surface area contributed by atoms with Crippen LogP contribution in [-0.2, 0) is 0 Å². The van der Waals surface area contributed by atoms with E-state index in [1.54, 1.807) is 13.0 Å². The Morgan fingerprint density at radius 2 is 1.71 bits per heavy atom. The maximum Gasteiger partial charge on any atom is 0.573 e. The number of aryl methyl sites for hydroxylation is 1. The number of aliphatic hydroxyl groups excluding tert-OH is 1. The molecule has 0 aliphatic heterocycles. The van der Waals surface area contributed by atoms with Crippen LogP contribution in [0.25, 0.3) is 0 Å². The Kier molecular flexibility index (Phi) is 4.18. The SMILES string of the molecule is Cc1ccc(C(O)c2ccccc2OC(F)(F)F)c(F)c1. The van der Waals surface area contributed by atoms with Crippen LogP contribution < -0.4 is 4.74 Å². The molecule has 2 aromatic carbocycles. The molecule has 21 heavy (non-hydrogen) atoms. The lowest BCUT2D eigenvalue weighted by atomic mass is 9.99. The molecule has 0 fully saturated rings. The summed E-state index contributed by atoms with van der Waals surface area (Å²) in [6.45, 7) is 1.67. The van der Waals surface area contributed by atoms with E-state index < -0.39 is 24.0 Å². The van der Waals surface area contributed by atoms with Gasteiger partial charge in [-0.2, -0.15) is 0 Å². The van der Waals surface area contributed by atoms with E-state index in [-0.39, 0.29) is 11.1 Å². The van der Waals surface area contributed by atoms with Crippen molar-refractivity contribution in [2.24, 2.45) is 0 Å². The quantitative estimate of drug-likeness (QED) is 0.864. The van der Waals surface area contributed by atoms with Crippen LogP contribution in [0, 0.1) is 12.7 Å². The first-order valence-electron chi connectivity index (χ1n) is 6.07. The number of aliphatic hydroxyl groups is 1. The number of hydrogen-bond donors (Lipinski definition) is 1. The van der Waals surface area contributed by atoms with Crippen molar-refractivity contribution in [3.05, 3.63) is 65.0 Å². The first kappa shape index (κ1) is 15.3. The zero-order valence-electron chi connectivity index (χ0n) is 11.0. The van der Waals surface area contributed by atoms with Crippen LogP contribution in [0.15, 0.2) is 42.5 Å². The summed E-state index contributed by atoms with van der Waals surface area (Å²) in [6.07, 6.45) is -6.44. The topological polar surface area (TPSA) is 29.5 Å². The van der Waals surface area contributed by atoms with Crippen molar-refractivity contribution in [2.75, 3.05) is 0 Å². The van der Waals surface area contributed by atoms with Gasteiger partial charge in [0.15, 0.2) is 0 Å². The summed E-state index contributed by atoms with van der Waals surface area (Å²) in [5.74, 6) is -1.25. The fourth-order valence-electron chi connectivity index (χ4n) is 1.95. The molecule has 0 heterocycles. The van der Waals surface area contributed by atoms with Crippen LogP contribution in [0.2, 0.25) is 0 Å². The normalized spacial score (nSPS) is 13.0. The van der Waals surface area contributed by atoms with E-state index in [0.29, 0.717) is 5.56 Å². The van der Waals surface area contributed by atoms with Crippen molar-refractivity contribution >= 4 is 0 Å². The maximum absolute atomic E-state index is 13.8. The van der Waals surface area contributed by atoms with Gasteiger partial charge in [-0.3, -0.25) is 0 Å². The minimum absolute atomic E-state index is 0.112. The van der Waals surface area contributed by atoms with Gasteiger partial charge in [-0.25, -0.2) is 4.39 Å². The van der Waals surface area contributed by atoms with Crippen molar-refractivity contribution < 1.29 is 27.4 Å². The zero-order chi connectivity index (χ0) is 15.6. The van der Waals surface area contributed by atoms with E-state index in [1.807, 2.05) is 0 Å². The summed E-state index contributed by atoms with van der Waals surface area (Å²) in [5.41, 5.74) is 0.375. The molecule has 0 saturated heterocycles. The van der Waals surface area contributed by atoms with Gasteiger partial charge in [-0.1, -0.05) is 30.3 Å². The Labute approximate surface area is 118 Å². The van der Waals surface area contributed by atoms with Crippen LogP contribution >= 0.6 is 0 Å². The molecule has 0 aliphatic rings. The third kappa shape index (κ3) is 3.72. The number of rotatable bonds is 3. The summed E-state index contributed by atoms with van der Waals surface area (Å²) < 4.78 is 54.7. The first-order valence-corrected chi connectivity index (χ1v) is 6.07. The third-order valence-electron chi connectivity index (χ3n) is 2.89. The van der Waals surface area contributed by atoms with E-state index in [1.165, 1.54) is 30.3 Å². The first-order chi connectivity index (χ1) is 9.78. The molecular formula is C15H12F4O2. The smallest absolute Gasteiger partial charge is 0.405 e. The molecule has 112 valence electrons. The highest BCUT2D eigenvalue weighted by Gasteiger charge is 2.33. The van der Waals surface area contributed by atoms with Crippen molar-refractivity contribution in [3.8, 4) is 5.75 Å². The molecule has 1 N–H and O–H groups in total. The minimum atomic E-state index is -4.89. The summed E-state index contributed by atoms with van der Waals surface area (Å²) in [6, 6.07) is 9.19. The van der Waals surface area contributed by atoms with Gasteiger partial charge in [0.2, 0.25) is 0 Å². The van der Waals surface area contributed by atoms with Gasteiger partial charge < -0.3 is 9.84 Å². The largest absolute Gasteiger partial charge is 0.573 e. The molecule has 1 atom stereocenters. The van der Waals surface area contributed by atoms with Crippen molar-refractivity contribution in [1.29, 1.82) is 0 Å². The summed E-state index contributed by atoms with van der Waals surface area (Å²) in [7, 11) is 0. The fraction of sp³-hybridized carbons (Fsp3) is 0.200. The lowest BCUT2D eigenvalue weighted by molar-refractivity contribution is -0.275. The average Bonchev–Trinajstić information content (AvgIpc) is 2.36. The average molecular weight is 300 g/mol. The second kappa shape index (κ2) is 5.73. The number of para-hydroxylation sites is 1. The molecule has 6 heteroatoms. The monoisotopic (exact) mass is 300 g/mol. The molecule has 2 rings (SSSR count). The van der Waals surface area contributed by atoms with Gasteiger partial charge in [-0.15, -0.1) is 13.2 Å². The van der Waals surface area contributed by atoms with Crippen LogP contribution in [0.1, 0.15) is 22.8 Å². The number of halogens is 4. The van der Waals surface area contributed by atoms with Gasteiger partial charge in [-0.05, 0) is 24.6 Å². The maximum atomic E-state index is 13.8. The number of hydrogen-bond acceptors (Lipinski definition) is 2. The highest BCUT2D eigenvalue weighted by molar-refractivity contribution is 5.41. The molecule has 0 spiro atoms. The molecule has 0 radical (unpaired) electrons. The lowest BCUT2D eigenvalue weighted by Crippen LogP contribution is -2.19. The van der Waals surface area contributed by atoms with Crippen molar-refractivity contribution in [1.82, 2.24) is 0 Å². The standard InChI is InChI=1S/C15H12F4O2/c1-9-6-7-10(12(16)8-9)14(20)11-4-2-3-5-13(11)21-15(17,18)19/h2-8,14,20H,1H3. The highest BCUT2D eigenvalue weighted by Crippen LogP contribution is 2.34. The van der Waals surface area contributed by atoms with Gasteiger partial charge in [0.05, 0.1) is 0 Å². The predicted molar refractivity (Wildman–Crippen MR) is 68.3 cm³/mol. The summed E-state index contributed by atoms with van der Waals surface area (Å²) in [5, 5.41) is 10.2. The highest BCUT2D eigenvalue weighted by atomic mass is 19.4. The molecule has 2 nitrogen and oxygen atoms in total. The minimum Gasteiger partial charge on any atom is -0.405 e. The Morgan fingerprint density at radius 1 is 1.05 bits per heavy atom. The van der Waals surface area contributed by atoms with E-state index in [9.17, 15) is 22.7 Å². The Morgan fingerprint density at radius 3 is 2.33 bits per heavy atom. The van der Waals surface area contributed by atoms with Crippen molar-refractivity contribution in [2.45, 2.75) is 19.4 Å². The molecule has 0 bridgehead atoms. The van der Waals surface area contributed by atoms with Crippen LogP contribution in [0.3, 0.4) is 0 Å². The molecule has 0 saturated carbocycles. The molecule has 0 aliphatic carbocycles. The second-order valence-corrected chi connectivity index (χ2v) is 4.51. The molecule has 0 amide bonds. The number of ether oxygens (including phenoxy) is 1. The van der Waals surface area contributed by atoms with Gasteiger partial charge in [0.1, 0.15) is 17.7 Å².